The van der Waals surface area contributed by atoms with Gasteiger partial charge in [-0.05, 0) is 31.7 Å². The molecule has 1 aromatic heterocycles. The van der Waals surface area contributed by atoms with Gasteiger partial charge >= 0.3 is 0 Å². The van der Waals surface area contributed by atoms with Crippen LogP contribution in [0.15, 0.2) is 40.9 Å². The SMILES string of the molecule is Cc1cc(C(=O)N2CCC3(CC2)C[C@H](c2ccccc2)C(=O)N3)no1. The molecule has 1 spiro atoms. The Kier molecular flexibility index (Phi) is 3.82. The standard InChI is InChI=1S/C19H21N3O3/c1-13-11-16(21-25-13)18(24)22-9-7-19(8-10-22)12-15(17(23)20-19)14-5-3-2-4-6-14/h2-6,11,15H,7-10,12H2,1H3,(H,20,23)/t15-/m1/s1. The molecular weight excluding hydrogens is 318 g/mol. The Labute approximate surface area is 146 Å². The van der Waals surface area contributed by atoms with Gasteiger partial charge in [-0.2, -0.15) is 0 Å². The molecule has 2 aromatic rings. The van der Waals surface area contributed by atoms with Crippen LogP contribution in [0, 0.1) is 6.92 Å². The molecule has 0 radical (unpaired) electrons. The summed E-state index contributed by atoms with van der Waals surface area (Å²) in [5, 5.41) is 7.02. The zero-order chi connectivity index (χ0) is 17.4. The van der Waals surface area contributed by atoms with Crippen LogP contribution in [0.25, 0.3) is 0 Å². The molecule has 1 N–H and O–H groups in total. The molecule has 2 aliphatic rings. The maximum atomic E-state index is 12.5. The van der Waals surface area contributed by atoms with E-state index in [1.54, 1.807) is 17.9 Å². The van der Waals surface area contributed by atoms with Crippen LogP contribution in [-0.2, 0) is 4.79 Å². The molecule has 2 fully saturated rings. The number of amides is 2. The molecule has 0 unspecified atom stereocenters. The summed E-state index contributed by atoms with van der Waals surface area (Å²) in [7, 11) is 0. The first-order valence-electron chi connectivity index (χ1n) is 8.66. The maximum Gasteiger partial charge on any atom is 0.276 e. The van der Waals surface area contributed by atoms with Crippen molar-refractivity contribution in [1.82, 2.24) is 15.4 Å². The second-order valence-electron chi connectivity index (χ2n) is 7.05. The van der Waals surface area contributed by atoms with E-state index in [2.05, 4.69) is 10.5 Å². The first-order valence-corrected chi connectivity index (χ1v) is 8.66. The fraction of sp³-hybridized carbons (Fsp3) is 0.421. The van der Waals surface area contributed by atoms with E-state index < -0.39 is 0 Å². The molecule has 2 aliphatic heterocycles. The summed E-state index contributed by atoms with van der Waals surface area (Å²) >= 11 is 0. The lowest BCUT2D eigenvalue weighted by atomic mass is 9.82. The van der Waals surface area contributed by atoms with E-state index in [1.807, 2.05) is 30.3 Å². The van der Waals surface area contributed by atoms with Crippen LogP contribution in [0.3, 0.4) is 0 Å². The quantitative estimate of drug-likeness (QED) is 0.911. The highest BCUT2D eigenvalue weighted by Crippen LogP contribution is 2.39. The number of carbonyl (C=O) groups excluding carboxylic acids is 2. The summed E-state index contributed by atoms with van der Waals surface area (Å²) in [5.41, 5.74) is 1.22. The monoisotopic (exact) mass is 339 g/mol. The Morgan fingerprint density at radius 3 is 2.64 bits per heavy atom. The maximum absolute atomic E-state index is 12.5. The molecule has 130 valence electrons. The highest BCUT2D eigenvalue weighted by atomic mass is 16.5. The van der Waals surface area contributed by atoms with Crippen LogP contribution in [0.1, 0.15) is 47.0 Å². The number of aryl methyl sites for hydroxylation is 1. The predicted molar refractivity (Wildman–Crippen MR) is 91.1 cm³/mol. The third kappa shape index (κ3) is 2.92. The van der Waals surface area contributed by atoms with Gasteiger partial charge in [0.15, 0.2) is 5.69 Å². The number of nitrogens with one attached hydrogen (secondary N) is 1. The Morgan fingerprint density at radius 1 is 1.28 bits per heavy atom. The highest BCUT2D eigenvalue weighted by Gasteiger charge is 2.46. The first-order chi connectivity index (χ1) is 12.1. The summed E-state index contributed by atoms with van der Waals surface area (Å²) in [6, 6.07) is 11.6. The average molecular weight is 339 g/mol. The van der Waals surface area contributed by atoms with Crippen LogP contribution in [0.2, 0.25) is 0 Å². The molecule has 0 saturated carbocycles. The molecule has 2 saturated heterocycles. The van der Waals surface area contributed by atoms with E-state index in [0.29, 0.717) is 24.5 Å². The first kappa shape index (κ1) is 15.9. The van der Waals surface area contributed by atoms with Gasteiger partial charge < -0.3 is 14.7 Å². The van der Waals surface area contributed by atoms with Gasteiger partial charge in [-0.1, -0.05) is 35.5 Å². The van der Waals surface area contributed by atoms with Crippen molar-refractivity contribution in [3.8, 4) is 0 Å². The summed E-state index contributed by atoms with van der Waals surface area (Å²) in [5.74, 6) is 0.529. The van der Waals surface area contributed by atoms with Gasteiger partial charge in [0.1, 0.15) is 5.76 Å². The van der Waals surface area contributed by atoms with E-state index in [0.717, 1.165) is 24.8 Å². The van der Waals surface area contributed by atoms with Crippen molar-refractivity contribution in [1.29, 1.82) is 0 Å². The van der Waals surface area contributed by atoms with E-state index in [1.165, 1.54) is 0 Å². The van der Waals surface area contributed by atoms with Crippen LogP contribution in [0.5, 0.6) is 0 Å². The fourth-order valence-corrected chi connectivity index (χ4v) is 3.93. The minimum atomic E-state index is -0.200. The zero-order valence-corrected chi connectivity index (χ0v) is 14.2. The Bertz CT molecular complexity index is 791. The molecule has 6 nitrogen and oxygen atoms in total. The number of piperidine rings is 1. The number of hydrogen-bond donors (Lipinski definition) is 1. The normalized spacial score (nSPS) is 22.2. The number of benzene rings is 1. The molecule has 25 heavy (non-hydrogen) atoms. The molecule has 1 atom stereocenters. The lowest BCUT2D eigenvalue weighted by Gasteiger charge is -2.39. The van der Waals surface area contributed by atoms with E-state index in [-0.39, 0.29) is 23.3 Å². The third-order valence-corrected chi connectivity index (χ3v) is 5.36. The van der Waals surface area contributed by atoms with Crippen LogP contribution in [0.4, 0.5) is 0 Å². The van der Waals surface area contributed by atoms with Crippen LogP contribution < -0.4 is 5.32 Å². The van der Waals surface area contributed by atoms with Gasteiger partial charge in [0.05, 0.1) is 5.92 Å². The predicted octanol–water partition coefficient (Wildman–Crippen LogP) is 2.26. The van der Waals surface area contributed by atoms with Crippen molar-refractivity contribution >= 4 is 11.8 Å². The minimum Gasteiger partial charge on any atom is -0.361 e. The van der Waals surface area contributed by atoms with Crippen molar-refractivity contribution in [2.75, 3.05) is 13.1 Å². The lowest BCUT2D eigenvalue weighted by molar-refractivity contribution is -0.121. The number of hydrogen-bond acceptors (Lipinski definition) is 4. The molecule has 3 heterocycles. The molecule has 6 heteroatoms. The van der Waals surface area contributed by atoms with Crippen LogP contribution >= 0.6 is 0 Å². The highest BCUT2D eigenvalue weighted by molar-refractivity contribution is 5.92. The number of rotatable bonds is 2. The second kappa shape index (κ2) is 6.02. The number of aromatic nitrogens is 1. The van der Waals surface area contributed by atoms with Crippen LogP contribution in [-0.4, -0.2) is 40.5 Å². The Balaban J connectivity index is 1.43. The van der Waals surface area contributed by atoms with Gasteiger partial charge in [0.25, 0.3) is 5.91 Å². The smallest absolute Gasteiger partial charge is 0.276 e. The van der Waals surface area contributed by atoms with Crippen molar-refractivity contribution in [2.24, 2.45) is 0 Å². The largest absolute Gasteiger partial charge is 0.361 e. The van der Waals surface area contributed by atoms with Crippen molar-refractivity contribution in [3.63, 3.8) is 0 Å². The number of carbonyl (C=O) groups is 2. The average Bonchev–Trinajstić information content (AvgIpc) is 3.20. The third-order valence-electron chi connectivity index (χ3n) is 5.36. The molecule has 2 amide bonds. The Morgan fingerprint density at radius 2 is 2.00 bits per heavy atom. The van der Waals surface area contributed by atoms with Crippen molar-refractivity contribution in [3.05, 3.63) is 53.4 Å². The fourth-order valence-electron chi connectivity index (χ4n) is 3.93. The summed E-state index contributed by atoms with van der Waals surface area (Å²) in [4.78, 5) is 26.8. The minimum absolute atomic E-state index is 0.0955. The van der Waals surface area contributed by atoms with E-state index in [4.69, 9.17) is 4.52 Å². The molecule has 0 bridgehead atoms. The summed E-state index contributed by atoms with van der Waals surface area (Å²) in [6.45, 7) is 3.01. The molecular formula is C19H21N3O3. The van der Waals surface area contributed by atoms with E-state index >= 15 is 0 Å². The molecule has 1 aromatic carbocycles. The van der Waals surface area contributed by atoms with E-state index in [9.17, 15) is 9.59 Å². The van der Waals surface area contributed by atoms with Gasteiger partial charge in [0.2, 0.25) is 5.91 Å². The second-order valence-corrected chi connectivity index (χ2v) is 7.05. The zero-order valence-electron chi connectivity index (χ0n) is 14.2. The van der Waals surface area contributed by atoms with Gasteiger partial charge in [-0.15, -0.1) is 0 Å². The summed E-state index contributed by atoms with van der Waals surface area (Å²) in [6.07, 6.45) is 2.33. The Hall–Kier alpha value is -2.63. The molecule has 0 aliphatic carbocycles. The lowest BCUT2D eigenvalue weighted by Crippen LogP contribution is -2.52. The van der Waals surface area contributed by atoms with Crippen molar-refractivity contribution < 1.29 is 14.1 Å². The van der Waals surface area contributed by atoms with Gasteiger partial charge in [-0.3, -0.25) is 9.59 Å². The van der Waals surface area contributed by atoms with Gasteiger partial charge in [-0.25, -0.2) is 0 Å². The summed E-state index contributed by atoms with van der Waals surface area (Å²) < 4.78 is 4.99. The number of likely N-dealkylation sites (tertiary alicyclic amines) is 1. The molecule has 4 rings (SSSR count). The number of nitrogens with zero attached hydrogens (tertiary/aromatic N) is 2. The van der Waals surface area contributed by atoms with Gasteiger partial charge in [0, 0.05) is 24.7 Å². The van der Waals surface area contributed by atoms with Crippen molar-refractivity contribution in [2.45, 2.75) is 37.6 Å². The topological polar surface area (TPSA) is 75.4 Å².